The molecule has 3 heterocycles. The predicted molar refractivity (Wildman–Crippen MR) is 187 cm³/mol. The fourth-order valence-corrected chi connectivity index (χ4v) is 7.39. The van der Waals surface area contributed by atoms with Crippen molar-refractivity contribution in [2.24, 2.45) is 0 Å². The summed E-state index contributed by atoms with van der Waals surface area (Å²) in [5, 5.41) is 0. The number of para-hydroxylation sites is 1. The topological polar surface area (TPSA) is 30.7 Å². The molecule has 0 amide bonds. The molecule has 0 unspecified atom stereocenters. The molecule has 2 aromatic heterocycles. The number of rotatable bonds is 5. The second kappa shape index (κ2) is 10.5. The molecule has 0 radical (unpaired) electrons. The van der Waals surface area contributed by atoms with Gasteiger partial charge in [0, 0.05) is 18.0 Å². The molecule has 9 rings (SSSR count). The summed E-state index contributed by atoms with van der Waals surface area (Å²) in [6.45, 7) is 0. The smallest absolute Gasteiger partial charge is 0.145 e. The van der Waals surface area contributed by atoms with E-state index < -0.39 is 5.41 Å². The van der Waals surface area contributed by atoms with Gasteiger partial charge in [0.25, 0.3) is 0 Å². The minimum Gasteiger partial charge on any atom is -0.292 e. The highest BCUT2D eigenvalue weighted by molar-refractivity contribution is 5.93. The average Bonchev–Trinajstić information content (AvgIpc) is 3.54. The third-order valence-corrected chi connectivity index (χ3v) is 9.38. The van der Waals surface area contributed by atoms with Crippen LogP contribution in [0.25, 0.3) is 50.4 Å². The van der Waals surface area contributed by atoms with E-state index in [2.05, 4.69) is 161 Å². The van der Waals surface area contributed by atoms with E-state index in [0.29, 0.717) is 0 Å². The number of aromatic nitrogens is 3. The molecular formula is C43H29N3. The Kier molecular flexibility index (Phi) is 6.04. The van der Waals surface area contributed by atoms with Gasteiger partial charge < -0.3 is 0 Å². The number of fused-ring (bicyclic) bond motifs is 2. The molecule has 6 aromatic carbocycles. The monoisotopic (exact) mass is 587 g/mol. The van der Waals surface area contributed by atoms with Gasteiger partial charge in [-0.1, -0.05) is 127 Å². The van der Waals surface area contributed by atoms with E-state index in [0.717, 1.165) is 28.1 Å². The Morgan fingerprint density at radius 3 is 1.72 bits per heavy atom. The summed E-state index contributed by atoms with van der Waals surface area (Å²) in [5.41, 5.74) is 13.4. The van der Waals surface area contributed by atoms with Crippen LogP contribution in [0.4, 0.5) is 0 Å². The second-order valence-electron chi connectivity index (χ2n) is 11.8. The summed E-state index contributed by atoms with van der Waals surface area (Å²) < 4.78 is 2.36. The summed E-state index contributed by atoms with van der Waals surface area (Å²) in [6, 6.07) is 59.0. The minimum atomic E-state index is -0.573. The van der Waals surface area contributed by atoms with Crippen molar-refractivity contribution in [2.75, 3.05) is 0 Å². The first-order chi connectivity index (χ1) is 22.8. The van der Waals surface area contributed by atoms with Crippen LogP contribution in [-0.2, 0) is 5.41 Å². The van der Waals surface area contributed by atoms with Crippen molar-refractivity contribution in [1.82, 2.24) is 14.5 Å². The number of imidazole rings is 1. The molecule has 216 valence electrons. The summed E-state index contributed by atoms with van der Waals surface area (Å²) in [4.78, 5) is 9.56. The van der Waals surface area contributed by atoms with Crippen molar-refractivity contribution in [2.45, 2.75) is 5.41 Å². The largest absolute Gasteiger partial charge is 0.292 e. The lowest BCUT2D eigenvalue weighted by molar-refractivity contribution is 0.726. The summed E-state index contributed by atoms with van der Waals surface area (Å²) >= 11 is 0. The van der Waals surface area contributed by atoms with Crippen LogP contribution in [0.2, 0.25) is 0 Å². The minimum absolute atomic E-state index is 0.573. The molecule has 0 saturated carbocycles. The molecule has 8 aromatic rings. The van der Waals surface area contributed by atoms with Gasteiger partial charge in [-0.15, -0.1) is 0 Å². The van der Waals surface area contributed by atoms with Crippen LogP contribution in [0.1, 0.15) is 22.3 Å². The van der Waals surface area contributed by atoms with Crippen molar-refractivity contribution in [3.05, 3.63) is 198 Å². The molecule has 0 spiro atoms. The lowest BCUT2D eigenvalue weighted by Crippen LogP contribution is -2.35. The Labute approximate surface area is 268 Å². The third kappa shape index (κ3) is 3.92. The van der Waals surface area contributed by atoms with Crippen molar-refractivity contribution in [1.29, 1.82) is 0 Å². The van der Waals surface area contributed by atoms with Crippen molar-refractivity contribution in [3.63, 3.8) is 0 Å². The molecule has 46 heavy (non-hydrogen) atoms. The van der Waals surface area contributed by atoms with Gasteiger partial charge in [-0.3, -0.25) is 9.55 Å². The first-order valence-electron chi connectivity index (χ1n) is 15.7. The van der Waals surface area contributed by atoms with E-state index >= 15 is 0 Å². The standard InChI is InChI=1S/C43H29N3/c1-4-12-30(13-5-1)32-14-10-15-33(28-32)34-22-23-40-38(29-34)43(35-16-6-2-7-17-35,36-18-8-3-9-19-36)37-20-11-21-39-41(37)46(40)42(45-39)31-24-26-44-27-25-31/h1-29H. The Hall–Kier alpha value is -6.06. The third-order valence-electron chi connectivity index (χ3n) is 9.38. The van der Waals surface area contributed by atoms with Crippen LogP contribution in [0.15, 0.2) is 176 Å². The van der Waals surface area contributed by atoms with Gasteiger partial charge in [0.15, 0.2) is 0 Å². The fraction of sp³-hybridized carbons (Fsp3) is 0.0233. The van der Waals surface area contributed by atoms with Gasteiger partial charge in [-0.2, -0.15) is 0 Å². The number of nitrogens with zero attached hydrogens (tertiary/aromatic N) is 3. The molecule has 0 saturated heterocycles. The zero-order valence-corrected chi connectivity index (χ0v) is 25.1. The number of hydrogen-bond donors (Lipinski definition) is 0. The Morgan fingerprint density at radius 2 is 1.02 bits per heavy atom. The van der Waals surface area contributed by atoms with Crippen LogP contribution in [0.3, 0.4) is 0 Å². The maximum Gasteiger partial charge on any atom is 0.145 e. The lowest BCUT2D eigenvalue weighted by atomic mass is 9.63. The number of pyridine rings is 1. The van der Waals surface area contributed by atoms with E-state index in [1.54, 1.807) is 0 Å². The van der Waals surface area contributed by atoms with Gasteiger partial charge in [0.05, 0.1) is 22.1 Å². The Bertz CT molecular complexity index is 2300. The molecule has 1 aliphatic heterocycles. The van der Waals surface area contributed by atoms with E-state index in [1.807, 2.05) is 24.5 Å². The second-order valence-corrected chi connectivity index (χ2v) is 11.8. The Morgan fingerprint density at radius 1 is 0.435 bits per heavy atom. The molecule has 3 nitrogen and oxygen atoms in total. The van der Waals surface area contributed by atoms with Crippen LogP contribution in [0, 0.1) is 0 Å². The van der Waals surface area contributed by atoms with E-state index in [1.165, 1.54) is 44.5 Å². The van der Waals surface area contributed by atoms with Crippen LogP contribution in [-0.4, -0.2) is 14.5 Å². The van der Waals surface area contributed by atoms with E-state index in [4.69, 9.17) is 4.98 Å². The SMILES string of the molecule is c1ccc(-c2cccc(-c3ccc4c(c3)C(c3ccccc3)(c3ccccc3)c3cccc5nc(-c6ccncc6)n-4c35)c2)cc1. The zero-order chi connectivity index (χ0) is 30.5. The van der Waals surface area contributed by atoms with Gasteiger partial charge >= 0.3 is 0 Å². The fourth-order valence-electron chi connectivity index (χ4n) is 7.39. The van der Waals surface area contributed by atoms with Gasteiger partial charge in [0.1, 0.15) is 5.82 Å². The molecule has 0 aliphatic carbocycles. The quantitative estimate of drug-likeness (QED) is 0.201. The molecule has 0 N–H and O–H groups in total. The average molecular weight is 588 g/mol. The Balaban J connectivity index is 1.40. The highest BCUT2D eigenvalue weighted by Crippen LogP contribution is 2.54. The highest BCUT2D eigenvalue weighted by Gasteiger charge is 2.45. The van der Waals surface area contributed by atoms with Gasteiger partial charge in [0.2, 0.25) is 0 Å². The zero-order valence-electron chi connectivity index (χ0n) is 25.1. The maximum absolute atomic E-state index is 5.27. The first kappa shape index (κ1) is 26.4. The molecule has 1 aliphatic rings. The van der Waals surface area contributed by atoms with Crippen molar-refractivity contribution < 1.29 is 0 Å². The van der Waals surface area contributed by atoms with Crippen LogP contribution >= 0.6 is 0 Å². The first-order valence-corrected chi connectivity index (χ1v) is 15.7. The molecule has 0 bridgehead atoms. The molecule has 0 fully saturated rings. The van der Waals surface area contributed by atoms with Gasteiger partial charge in [-0.05, 0) is 80.9 Å². The molecule has 3 heteroatoms. The highest BCUT2D eigenvalue weighted by atomic mass is 15.1. The summed E-state index contributed by atoms with van der Waals surface area (Å²) in [5.74, 6) is 0.916. The normalized spacial score (nSPS) is 13.0. The predicted octanol–water partition coefficient (Wildman–Crippen LogP) is 10.1. The van der Waals surface area contributed by atoms with E-state index in [9.17, 15) is 0 Å². The number of benzene rings is 6. The molecule has 0 atom stereocenters. The van der Waals surface area contributed by atoms with Gasteiger partial charge in [-0.25, -0.2) is 4.98 Å². The van der Waals surface area contributed by atoms with Crippen LogP contribution in [0.5, 0.6) is 0 Å². The van der Waals surface area contributed by atoms with Crippen molar-refractivity contribution >= 4 is 11.0 Å². The summed E-state index contributed by atoms with van der Waals surface area (Å²) in [6.07, 6.45) is 3.68. The van der Waals surface area contributed by atoms with Crippen LogP contribution < -0.4 is 0 Å². The maximum atomic E-state index is 5.27. The summed E-state index contributed by atoms with van der Waals surface area (Å²) in [7, 11) is 0. The van der Waals surface area contributed by atoms with Crippen molar-refractivity contribution in [3.8, 4) is 39.3 Å². The van der Waals surface area contributed by atoms with E-state index in [-0.39, 0.29) is 0 Å². The molecular weight excluding hydrogens is 558 g/mol. The lowest BCUT2D eigenvalue weighted by Gasteiger charge is -2.41. The number of hydrogen-bond acceptors (Lipinski definition) is 2.